The highest BCUT2D eigenvalue weighted by atomic mass is 35.5. The van der Waals surface area contributed by atoms with Gasteiger partial charge in [-0.15, -0.1) is 0 Å². The van der Waals surface area contributed by atoms with Crippen LogP contribution in [0.5, 0.6) is 0 Å². The number of benzene rings is 1. The van der Waals surface area contributed by atoms with Crippen molar-refractivity contribution in [3.8, 4) is 11.3 Å². The molecule has 78 valence electrons. The van der Waals surface area contributed by atoms with Crippen molar-refractivity contribution in [3.05, 3.63) is 41.0 Å². The summed E-state index contributed by atoms with van der Waals surface area (Å²) >= 11 is 5.78. The van der Waals surface area contributed by atoms with Crippen LogP contribution in [0.15, 0.2) is 30.3 Å². The smallest absolute Gasteiger partial charge is 0.275 e. The van der Waals surface area contributed by atoms with Gasteiger partial charge in [0.05, 0.1) is 5.02 Å². The summed E-state index contributed by atoms with van der Waals surface area (Å²) in [6, 6.07) is 8.94. The predicted octanol–water partition coefficient (Wildman–Crippen LogP) is 3.67. The van der Waals surface area contributed by atoms with Crippen LogP contribution in [0.25, 0.3) is 11.3 Å². The molecule has 0 unspecified atom stereocenters. The molecule has 0 radical (unpaired) electrons. The number of rotatable bonds is 2. The second-order valence-corrected chi connectivity index (χ2v) is 3.34. The van der Waals surface area contributed by atoms with Crippen LogP contribution in [-0.2, 0) is 0 Å². The molecule has 1 N–H and O–H groups in total. The van der Waals surface area contributed by atoms with E-state index in [0.29, 0.717) is 11.3 Å². The molecule has 1 aromatic heterocycles. The van der Waals surface area contributed by atoms with Crippen molar-refractivity contribution in [3.63, 3.8) is 0 Å². The van der Waals surface area contributed by atoms with Crippen LogP contribution in [-0.4, -0.2) is 10.2 Å². The Hall–Kier alpha value is -1.42. The molecular formula is C10H7ClF2N2. The van der Waals surface area contributed by atoms with E-state index in [1.54, 1.807) is 24.3 Å². The second kappa shape index (κ2) is 3.98. The van der Waals surface area contributed by atoms with E-state index in [0.717, 1.165) is 0 Å². The summed E-state index contributed by atoms with van der Waals surface area (Å²) in [4.78, 5) is 0. The average molecular weight is 229 g/mol. The first kappa shape index (κ1) is 10.1. The van der Waals surface area contributed by atoms with Gasteiger partial charge in [0, 0.05) is 5.56 Å². The Bertz CT molecular complexity index is 454. The van der Waals surface area contributed by atoms with Gasteiger partial charge < -0.3 is 0 Å². The highest BCUT2D eigenvalue weighted by Gasteiger charge is 2.19. The molecule has 1 heterocycles. The third-order valence-electron chi connectivity index (χ3n) is 2.00. The van der Waals surface area contributed by atoms with Crippen molar-refractivity contribution in [2.75, 3.05) is 0 Å². The first-order valence-electron chi connectivity index (χ1n) is 4.27. The number of hydrogen-bond donors (Lipinski definition) is 1. The van der Waals surface area contributed by atoms with Crippen molar-refractivity contribution < 1.29 is 8.78 Å². The molecule has 2 nitrogen and oxygen atoms in total. The Labute approximate surface area is 89.9 Å². The lowest BCUT2D eigenvalue weighted by molar-refractivity contribution is 0.146. The number of nitrogens with one attached hydrogen (secondary N) is 1. The van der Waals surface area contributed by atoms with Crippen molar-refractivity contribution in [1.82, 2.24) is 10.2 Å². The quantitative estimate of drug-likeness (QED) is 0.835. The molecule has 0 saturated carbocycles. The molecule has 2 rings (SSSR count). The fourth-order valence-corrected chi connectivity index (χ4v) is 1.55. The third-order valence-corrected chi connectivity index (χ3v) is 2.38. The van der Waals surface area contributed by atoms with Gasteiger partial charge in [0.2, 0.25) is 0 Å². The van der Waals surface area contributed by atoms with Gasteiger partial charge in [0.1, 0.15) is 11.4 Å². The van der Waals surface area contributed by atoms with Crippen molar-refractivity contribution >= 4 is 11.6 Å². The summed E-state index contributed by atoms with van der Waals surface area (Å²) in [6.45, 7) is 0. The van der Waals surface area contributed by atoms with E-state index in [1.807, 2.05) is 6.07 Å². The lowest BCUT2D eigenvalue weighted by atomic mass is 10.1. The average Bonchev–Trinajstić information content (AvgIpc) is 2.61. The maximum atomic E-state index is 12.4. The van der Waals surface area contributed by atoms with Gasteiger partial charge in [0.15, 0.2) is 0 Å². The molecule has 0 fully saturated rings. The molecular weight excluding hydrogens is 222 g/mol. The molecule has 0 atom stereocenters. The van der Waals surface area contributed by atoms with Crippen molar-refractivity contribution in [2.24, 2.45) is 0 Å². The van der Waals surface area contributed by atoms with Gasteiger partial charge in [0.25, 0.3) is 6.43 Å². The van der Waals surface area contributed by atoms with Gasteiger partial charge in [-0.3, -0.25) is 5.10 Å². The lowest BCUT2D eigenvalue weighted by Gasteiger charge is -1.97. The van der Waals surface area contributed by atoms with E-state index in [4.69, 9.17) is 11.6 Å². The molecule has 2 aromatic rings. The van der Waals surface area contributed by atoms with Crippen LogP contribution in [0.4, 0.5) is 8.78 Å². The zero-order valence-corrected chi connectivity index (χ0v) is 8.30. The summed E-state index contributed by atoms with van der Waals surface area (Å²) in [5.41, 5.74) is 0.730. The number of aromatic nitrogens is 2. The Morgan fingerprint density at radius 2 is 1.87 bits per heavy atom. The molecule has 0 saturated heterocycles. The first-order chi connectivity index (χ1) is 7.20. The van der Waals surface area contributed by atoms with Gasteiger partial charge >= 0.3 is 0 Å². The Kier molecular flexibility index (Phi) is 2.68. The fraction of sp³-hybridized carbons (Fsp3) is 0.100. The minimum Gasteiger partial charge on any atom is -0.275 e. The molecule has 15 heavy (non-hydrogen) atoms. The molecule has 0 amide bonds. The van der Waals surface area contributed by atoms with E-state index in [9.17, 15) is 8.78 Å². The third kappa shape index (κ3) is 1.85. The number of hydrogen-bond acceptors (Lipinski definition) is 1. The standard InChI is InChI=1S/C10H7ClF2N2/c11-7-8(6-4-2-1-3-5-6)14-15-9(7)10(12)13/h1-5,10H,(H,14,15). The molecule has 0 spiro atoms. The van der Waals surface area contributed by atoms with Crippen LogP contribution in [0.1, 0.15) is 12.1 Å². The fourth-order valence-electron chi connectivity index (χ4n) is 1.27. The molecule has 0 bridgehead atoms. The summed E-state index contributed by atoms with van der Waals surface area (Å²) in [5.74, 6) is 0. The maximum Gasteiger partial charge on any atom is 0.281 e. The minimum atomic E-state index is -2.64. The molecule has 0 aliphatic rings. The van der Waals surface area contributed by atoms with Gasteiger partial charge in [-0.05, 0) is 0 Å². The van der Waals surface area contributed by atoms with Crippen molar-refractivity contribution in [2.45, 2.75) is 6.43 Å². The summed E-state index contributed by atoms with van der Waals surface area (Å²) in [7, 11) is 0. The second-order valence-electron chi connectivity index (χ2n) is 2.97. The highest BCUT2D eigenvalue weighted by molar-refractivity contribution is 6.33. The number of halogens is 3. The van der Waals surface area contributed by atoms with Crippen molar-refractivity contribution in [1.29, 1.82) is 0 Å². The number of nitrogens with zero attached hydrogens (tertiary/aromatic N) is 1. The molecule has 1 aromatic carbocycles. The topological polar surface area (TPSA) is 28.7 Å². The first-order valence-corrected chi connectivity index (χ1v) is 4.65. The van der Waals surface area contributed by atoms with Gasteiger partial charge in [-0.25, -0.2) is 8.78 Å². The van der Waals surface area contributed by atoms with E-state index in [1.165, 1.54) is 0 Å². The highest BCUT2D eigenvalue weighted by Crippen LogP contribution is 2.32. The van der Waals surface area contributed by atoms with Crippen LogP contribution in [0.2, 0.25) is 5.02 Å². The van der Waals surface area contributed by atoms with E-state index in [-0.39, 0.29) is 10.7 Å². The molecule has 0 aliphatic carbocycles. The summed E-state index contributed by atoms with van der Waals surface area (Å²) in [6.07, 6.45) is -2.64. The van der Waals surface area contributed by atoms with E-state index in [2.05, 4.69) is 10.2 Å². The van der Waals surface area contributed by atoms with Crippen LogP contribution in [0.3, 0.4) is 0 Å². The van der Waals surface area contributed by atoms with Crippen LogP contribution < -0.4 is 0 Å². The largest absolute Gasteiger partial charge is 0.281 e. The molecule has 5 heteroatoms. The Morgan fingerprint density at radius 3 is 2.40 bits per heavy atom. The number of aromatic amines is 1. The predicted molar refractivity (Wildman–Crippen MR) is 54.0 cm³/mol. The Morgan fingerprint density at radius 1 is 1.20 bits per heavy atom. The SMILES string of the molecule is FC(F)c1[nH]nc(-c2ccccc2)c1Cl. The van der Waals surface area contributed by atoms with Gasteiger partial charge in [-0.1, -0.05) is 41.9 Å². The zero-order valence-electron chi connectivity index (χ0n) is 7.55. The monoisotopic (exact) mass is 228 g/mol. The summed E-state index contributed by atoms with van der Waals surface area (Å²) < 4.78 is 24.8. The number of H-pyrrole nitrogens is 1. The number of alkyl halides is 2. The van der Waals surface area contributed by atoms with Crippen LogP contribution >= 0.6 is 11.6 Å². The summed E-state index contributed by atoms with van der Waals surface area (Å²) in [5, 5.41) is 5.99. The minimum absolute atomic E-state index is 0.0174. The zero-order chi connectivity index (χ0) is 10.8. The normalized spacial score (nSPS) is 10.9. The van der Waals surface area contributed by atoms with E-state index >= 15 is 0 Å². The maximum absolute atomic E-state index is 12.4. The van der Waals surface area contributed by atoms with Gasteiger partial charge in [-0.2, -0.15) is 5.10 Å². The lowest BCUT2D eigenvalue weighted by Crippen LogP contribution is -1.83. The molecule has 0 aliphatic heterocycles. The van der Waals surface area contributed by atoms with E-state index < -0.39 is 6.43 Å². The Balaban J connectivity index is 2.47. The van der Waals surface area contributed by atoms with Crippen LogP contribution in [0, 0.1) is 0 Å².